The number of carbonyl (C=O) groups is 2. The van der Waals surface area contributed by atoms with Crippen LogP contribution in [0.2, 0.25) is 0 Å². The fourth-order valence-corrected chi connectivity index (χ4v) is 2.44. The van der Waals surface area contributed by atoms with E-state index in [2.05, 4.69) is 0 Å². The van der Waals surface area contributed by atoms with Crippen molar-refractivity contribution in [2.75, 3.05) is 26.9 Å². The van der Waals surface area contributed by atoms with E-state index in [0.29, 0.717) is 18.9 Å². The molecule has 6 nitrogen and oxygen atoms in total. The molecule has 1 amide bonds. The van der Waals surface area contributed by atoms with E-state index in [9.17, 15) is 9.59 Å². The number of methoxy groups -OCH3 is 1. The van der Waals surface area contributed by atoms with Crippen LogP contribution >= 0.6 is 0 Å². The number of esters is 1. The minimum Gasteiger partial charge on any atom is -0.490 e. The minimum absolute atomic E-state index is 0.0237. The van der Waals surface area contributed by atoms with Gasteiger partial charge in [0.25, 0.3) is 0 Å². The molecule has 1 atom stereocenters. The average Bonchev–Trinajstić information content (AvgIpc) is 2.55. The Hall–Kier alpha value is -2.08. The number of ether oxygens (including phenoxy) is 3. The van der Waals surface area contributed by atoms with Crippen LogP contribution in [0.4, 0.5) is 0 Å². The molecule has 0 saturated heterocycles. The van der Waals surface area contributed by atoms with Gasteiger partial charge in [-0.3, -0.25) is 9.59 Å². The number of rotatable bonds is 10. The lowest BCUT2D eigenvalue weighted by Gasteiger charge is -2.29. The van der Waals surface area contributed by atoms with E-state index in [1.165, 1.54) is 13.8 Å². The molecule has 1 aromatic rings. The second-order valence-electron chi connectivity index (χ2n) is 6.19. The molecule has 0 N–H and O–H groups in total. The molecule has 1 aromatic carbocycles. The van der Waals surface area contributed by atoms with Crippen molar-refractivity contribution in [1.29, 1.82) is 0 Å². The first kappa shape index (κ1) is 21.0. The van der Waals surface area contributed by atoms with Crippen LogP contribution in [0.3, 0.4) is 0 Å². The minimum atomic E-state index is -0.517. The quantitative estimate of drug-likeness (QED) is 0.606. The summed E-state index contributed by atoms with van der Waals surface area (Å²) in [6.07, 6.45) is 0.325. The van der Waals surface area contributed by atoms with Gasteiger partial charge >= 0.3 is 5.97 Å². The molecule has 6 heteroatoms. The summed E-state index contributed by atoms with van der Waals surface area (Å²) in [4.78, 5) is 24.7. The van der Waals surface area contributed by atoms with Crippen LogP contribution in [0.15, 0.2) is 24.3 Å². The molecule has 0 aliphatic carbocycles. The summed E-state index contributed by atoms with van der Waals surface area (Å²) in [6.45, 7) is 7.87. The molecule has 0 aromatic heterocycles. The number of nitrogens with zero attached hydrogens (tertiary/aromatic N) is 1. The van der Waals surface area contributed by atoms with Gasteiger partial charge in [-0.25, -0.2) is 0 Å². The summed E-state index contributed by atoms with van der Waals surface area (Å²) >= 11 is 0. The first-order valence-corrected chi connectivity index (χ1v) is 8.48. The third kappa shape index (κ3) is 8.03. The number of carbonyl (C=O) groups excluding carboxylic acids is 2. The fourth-order valence-electron chi connectivity index (χ4n) is 2.44. The topological polar surface area (TPSA) is 65.1 Å². The van der Waals surface area contributed by atoms with Crippen LogP contribution in [0.1, 0.15) is 33.3 Å². The molecule has 0 spiro atoms. The van der Waals surface area contributed by atoms with E-state index in [0.717, 1.165) is 12.0 Å². The van der Waals surface area contributed by atoms with E-state index >= 15 is 0 Å². The highest BCUT2D eigenvalue weighted by Gasteiger charge is 2.21. The van der Waals surface area contributed by atoms with Gasteiger partial charge in [0.2, 0.25) is 5.91 Å². The smallest absolute Gasteiger partial charge is 0.303 e. The molecule has 25 heavy (non-hydrogen) atoms. The molecule has 0 saturated carbocycles. The van der Waals surface area contributed by atoms with E-state index in [1.54, 1.807) is 12.0 Å². The maximum absolute atomic E-state index is 11.7. The molecule has 0 radical (unpaired) electrons. The maximum Gasteiger partial charge on any atom is 0.303 e. The summed E-state index contributed by atoms with van der Waals surface area (Å²) in [5, 5.41) is 0. The fraction of sp³-hybridized carbons (Fsp3) is 0.579. The van der Waals surface area contributed by atoms with Gasteiger partial charge in [0.05, 0.1) is 13.2 Å². The number of hydrogen-bond acceptors (Lipinski definition) is 5. The molecular weight excluding hydrogens is 322 g/mol. The van der Waals surface area contributed by atoms with Crippen LogP contribution in [0, 0.1) is 0 Å². The molecular formula is C19H29NO5. The van der Waals surface area contributed by atoms with Gasteiger partial charge < -0.3 is 19.1 Å². The van der Waals surface area contributed by atoms with Gasteiger partial charge in [-0.1, -0.05) is 12.1 Å². The number of hydrogen-bond donors (Lipinski definition) is 0. The second kappa shape index (κ2) is 10.7. The first-order chi connectivity index (χ1) is 11.8. The molecule has 1 rings (SSSR count). The lowest BCUT2D eigenvalue weighted by atomic mass is 10.1. The van der Waals surface area contributed by atoms with Crippen LogP contribution < -0.4 is 4.74 Å². The Morgan fingerprint density at radius 1 is 1.12 bits per heavy atom. The Kier molecular flexibility index (Phi) is 8.99. The monoisotopic (exact) mass is 351 g/mol. The molecule has 0 aliphatic heterocycles. The Balaban J connectivity index is 2.65. The zero-order valence-electron chi connectivity index (χ0n) is 15.8. The highest BCUT2D eigenvalue weighted by atomic mass is 16.6. The highest BCUT2D eigenvalue weighted by Crippen LogP contribution is 2.14. The summed E-state index contributed by atoms with van der Waals surface area (Å²) in [7, 11) is 1.67. The zero-order chi connectivity index (χ0) is 18.8. The maximum atomic E-state index is 11.7. The molecule has 0 fully saturated rings. The summed E-state index contributed by atoms with van der Waals surface area (Å²) in [6, 6.07) is 7.73. The third-order valence-electron chi connectivity index (χ3n) is 3.71. The van der Waals surface area contributed by atoms with E-state index < -0.39 is 12.1 Å². The highest BCUT2D eigenvalue weighted by molar-refractivity contribution is 5.73. The SMILES string of the molecule is COCCc1ccc(OCC(CN(C(C)=O)C(C)C)OC(C)=O)cc1. The van der Waals surface area contributed by atoms with Gasteiger partial charge in [0, 0.05) is 27.0 Å². The molecule has 0 bridgehead atoms. The van der Waals surface area contributed by atoms with Crippen molar-refractivity contribution in [3.63, 3.8) is 0 Å². The van der Waals surface area contributed by atoms with E-state index in [-0.39, 0.29) is 18.6 Å². The largest absolute Gasteiger partial charge is 0.490 e. The van der Waals surface area contributed by atoms with Crippen LogP contribution in [-0.2, 0) is 25.5 Å². The van der Waals surface area contributed by atoms with Gasteiger partial charge in [0.15, 0.2) is 6.10 Å². The van der Waals surface area contributed by atoms with E-state index in [1.807, 2.05) is 38.1 Å². The van der Waals surface area contributed by atoms with Crippen molar-refractivity contribution in [1.82, 2.24) is 4.90 Å². The van der Waals surface area contributed by atoms with Crippen molar-refractivity contribution < 1.29 is 23.8 Å². The average molecular weight is 351 g/mol. The zero-order valence-corrected chi connectivity index (χ0v) is 15.8. The van der Waals surface area contributed by atoms with Crippen molar-refractivity contribution in [2.45, 2.75) is 46.3 Å². The molecule has 140 valence electrons. The van der Waals surface area contributed by atoms with Crippen LogP contribution in [0.25, 0.3) is 0 Å². The van der Waals surface area contributed by atoms with Gasteiger partial charge in [-0.05, 0) is 38.0 Å². The Morgan fingerprint density at radius 3 is 2.24 bits per heavy atom. The lowest BCUT2D eigenvalue weighted by Crippen LogP contribution is -2.44. The number of amides is 1. The van der Waals surface area contributed by atoms with Crippen molar-refractivity contribution in [3.05, 3.63) is 29.8 Å². The Bertz CT molecular complexity index is 541. The predicted molar refractivity (Wildman–Crippen MR) is 95.6 cm³/mol. The number of benzene rings is 1. The molecule has 1 unspecified atom stereocenters. The summed E-state index contributed by atoms with van der Waals surface area (Å²) in [5.41, 5.74) is 1.16. The third-order valence-corrected chi connectivity index (χ3v) is 3.71. The van der Waals surface area contributed by atoms with Gasteiger partial charge in [-0.15, -0.1) is 0 Å². The first-order valence-electron chi connectivity index (χ1n) is 8.48. The van der Waals surface area contributed by atoms with Crippen LogP contribution in [-0.4, -0.2) is 55.8 Å². The summed E-state index contributed by atoms with van der Waals surface area (Å²) in [5.74, 6) is 0.239. The standard InChI is InChI=1S/C19H29NO5/c1-14(2)20(15(3)21)12-19(25-16(4)22)13-24-18-8-6-17(7-9-18)10-11-23-5/h6-9,14,19H,10-13H2,1-5H3. The Morgan fingerprint density at radius 2 is 1.76 bits per heavy atom. The van der Waals surface area contributed by atoms with Crippen molar-refractivity contribution in [2.24, 2.45) is 0 Å². The molecule has 0 aliphatic rings. The van der Waals surface area contributed by atoms with Crippen molar-refractivity contribution in [3.8, 4) is 5.75 Å². The Labute approximate surface area is 150 Å². The van der Waals surface area contributed by atoms with Crippen molar-refractivity contribution >= 4 is 11.9 Å². The van der Waals surface area contributed by atoms with Gasteiger partial charge in [0.1, 0.15) is 12.4 Å². The predicted octanol–water partition coefficient (Wildman–Crippen LogP) is 2.44. The normalized spacial score (nSPS) is 11.9. The van der Waals surface area contributed by atoms with Gasteiger partial charge in [-0.2, -0.15) is 0 Å². The van der Waals surface area contributed by atoms with E-state index in [4.69, 9.17) is 14.2 Å². The molecule has 0 heterocycles. The van der Waals surface area contributed by atoms with Crippen LogP contribution in [0.5, 0.6) is 5.75 Å². The lowest BCUT2D eigenvalue weighted by molar-refractivity contribution is -0.151. The second-order valence-corrected chi connectivity index (χ2v) is 6.19. The summed E-state index contributed by atoms with van der Waals surface area (Å²) < 4.78 is 16.1.